The largest absolute Gasteiger partial charge is 0.486 e. The molecule has 6 heteroatoms. The first-order valence-corrected chi connectivity index (χ1v) is 6.34. The maximum Gasteiger partial charge on any atom is 0.226 e. The smallest absolute Gasteiger partial charge is 0.226 e. The van der Waals surface area contributed by atoms with Gasteiger partial charge < -0.3 is 19.5 Å². The molecule has 1 atom stereocenters. The van der Waals surface area contributed by atoms with E-state index < -0.39 is 0 Å². The van der Waals surface area contributed by atoms with E-state index in [2.05, 4.69) is 15.3 Å². The van der Waals surface area contributed by atoms with E-state index in [4.69, 9.17) is 14.2 Å². The zero-order chi connectivity index (χ0) is 13.8. The Morgan fingerprint density at radius 2 is 2.15 bits per heavy atom. The lowest BCUT2D eigenvalue weighted by molar-refractivity contribution is 0.0996. The number of fused-ring (bicyclic) bond motifs is 1. The van der Waals surface area contributed by atoms with Crippen molar-refractivity contribution in [2.75, 3.05) is 25.6 Å². The average Bonchev–Trinajstić information content (AvgIpc) is 2.53. The molecule has 0 radical (unpaired) electrons. The number of ether oxygens (including phenoxy) is 3. The summed E-state index contributed by atoms with van der Waals surface area (Å²) in [7, 11) is 1.57. The van der Waals surface area contributed by atoms with Crippen LogP contribution in [0.1, 0.15) is 0 Å². The molecule has 1 aliphatic heterocycles. The zero-order valence-corrected chi connectivity index (χ0v) is 11.1. The van der Waals surface area contributed by atoms with Gasteiger partial charge in [0.15, 0.2) is 11.5 Å². The number of anilines is 1. The summed E-state index contributed by atoms with van der Waals surface area (Å²) in [6.07, 6.45) is 1.56. The number of rotatable bonds is 4. The van der Waals surface area contributed by atoms with Gasteiger partial charge in [0.25, 0.3) is 0 Å². The van der Waals surface area contributed by atoms with Crippen LogP contribution in [0.5, 0.6) is 17.4 Å². The molecule has 20 heavy (non-hydrogen) atoms. The maximum atomic E-state index is 5.84. The van der Waals surface area contributed by atoms with E-state index in [0.717, 1.165) is 11.5 Å². The summed E-state index contributed by atoms with van der Waals surface area (Å²) >= 11 is 0. The van der Waals surface area contributed by atoms with Crippen LogP contribution in [0, 0.1) is 0 Å². The second kappa shape index (κ2) is 5.64. The lowest BCUT2D eigenvalue weighted by atomic mass is 10.2. The van der Waals surface area contributed by atoms with Crippen molar-refractivity contribution in [3.05, 3.63) is 36.5 Å². The van der Waals surface area contributed by atoms with Crippen molar-refractivity contribution in [3.63, 3.8) is 0 Å². The summed E-state index contributed by atoms with van der Waals surface area (Å²) in [5.41, 5.74) is 0. The maximum absolute atomic E-state index is 5.84. The molecule has 0 amide bonds. The van der Waals surface area contributed by atoms with E-state index in [1.807, 2.05) is 24.3 Å². The van der Waals surface area contributed by atoms with Crippen molar-refractivity contribution in [2.45, 2.75) is 6.10 Å². The van der Waals surface area contributed by atoms with Crippen LogP contribution in [-0.4, -0.2) is 36.3 Å². The van der Waals surface area contributed by atoms with Gasteiger partial charge in [-0.25, -0.2) is 4.98 Å². The van der Waals surface area contributed by atoms with Crippen LogP contribution in [0.2, 0.25) is 0 Å². The van der Waals surface area contributed by atoms with Gasteiger partial charge in [-0.1, -0.05) is 12.1 Å². The van der Waals surface area contributed by atoms with Crippen LogP contribution in [0.25, 0.3) is 0 Å². The van der Waals surface area contributed by atoms with Crippen LogP contribution >= 0.6 is 0 Å². The molecule has 6 nitrogen and oxygen atoms in total. The van der Waals surface area contributed by atoms with Crippen molar-refractivity contribution in [1.82, 2.24) is 9.97 Å². The first-order valence-electron chi connectivity index (χ1n) is 6.34. The van der Waals surface area contributed by atoms with Crippen LogP contribution in [0.15, 0.2) is 36.5 Å². The van der Waals surface area contributed by atoms with Crippen molar-refractivity contribution in [3.8, 4) is 17.4 Å². The van der Waals surface area contributed by atoms with Gasteiger partial charge in [-0.05, 0) is 12.1 Å². The van der Waals surface area contributed by atoms with E-state index in [9.17, 15) is 0 Å². The molecule has 2 heterocycles. The first kappa shape index (κ1) is 12.5. The topological polar surface area (TPSA) is 65.5 Å². The number of nitrogens with zero attached hydrogens (tertiary/aromatic N) is 2. The molecule has 0 bridgehead atoms. The molecule has 3 rings (SSSR count). The molecule has 2 aromatic rings. The minimum atomic E-state index is -0.0836. The molecule has 0 spiro atoms. The second-order valence-electron chi connectivity index (χ2n) is 4.30. The number of methoxy groups -OCH3 is 1. The van der Waals surface area contributed by atoms with Crippen molar-refractivity contribution >= 4 is 5.95 Å². The summed E-state index contributed by atoms with van der Waals surface area (Å²) in [6, 6.07) is 9.32. The highest BCUT2D eigenvalue weighted by atomic mass is 16.6. The summed E-state index contributed by atoms with van der Waals surface area (Å²) < 4.78 is 16.5. The van der Waals surface area contributed by atoms with Crippen LogP contribution in [-0.2, 0) is 0 Å². The van der Waals surface area contributed by atoms with E-state index in [1.54, 1.807) is 19.4 Å². The highest BCUT2D eigenvalue weighted by Gasteiger charge is 2.20. The second-order valence-corrected chi connectivity index (χ2v) is 4.30. The van der Waals surface area contributed by atoms with Crippen molar-refractivity contribution < 1.29 is 14.2 Å². The standard InChI is InChI=1S/C14H15N3O3/c1-18-13-6-7-15-14(17-13)16-8-10-9-19-11-4-2-3-5-12(11)20-10/h2-7,10H,8-9H2,1H3,(H,15,16,17)/t10-/m1/s1. The van der Waals surface area contributed by atoms with Gasteiger partial charge >= 0.3 is 0 Å². The van der Waals surface area contributed by atoms with E-state index in [1.165, 1.54) is 0 Å². The first-order chi connectivity index (χ1) is 9.85. The fraction of sp³-hybridized carbons (Fsp3) is 0.286. The van der Waals surface area contributed by atoms with Gasteiger partial charge in [0, 0.05) is 12.3 Å². The minimum Gasteiger partial charge on any atom is -0.486 e. The Hall–Kier alpha value is -2.50. The highest BCUT2D eigenvalue weighted by Crippen LogP contribution is 2.30. The fourth-order valence-corrected chi connectivity index (χ4v) is 1.91. The summed E-state index contributed by atoms with van der Waals surface area (Å²) in [6.45, 7) is 1.05. The molecule has 1 N–H and O–H groups in total. The summed E-state index contributed by atoms with van der Waals surface area (Å²) in [5.74, 6) is 2.57. The van der Waals surface area contributed by atoms with Crippen LogP contribution in [0.4, 0.5) is 5.95 Å². The third-order valence-corrected chi connectivity index (χ3v) is 2.89. The minimum absolute atomic E-state index is 0.0836. The molecule has 0 fully saturated rings. The number of hydrogen-bond acceptors (Lipinski definition) is 6. The number of aromatic nitrogens is 2. The Labute approximate surface area is 116 Å². The molecule has 0 saturated carbocycles. The van der Waals surface area contributed by atoms with Crippen molar-refractivity contribution in [2.24, 2.45) is 0 Å². The molecule has 0 aliphatic carbocycles. The monoisotopic (exact) mass is 273 g/mol. The molecule has 0 unspecified atom stereocenters. The third-order valence-electron chi connectivity index (χ3n) is 2.89. The third kappa shape index (κ3) is 2.74. The van der Waals surface area contributed by atoms with Gasteiger partial charge in [0.05, 0.1) is 13.7 Å². The fourth-order valence-electron chi connectivity index (χ4n) is 1.91. The molecule has 1 aromatic heterocycles. The van der Waals surface area contributed by atoms with Crippen LogP contribution < -0.4 is 19.5 Å². The molecular formula is C14H15N3O3. The predicted octanol–water partition coefficient (Wildman–Crippen LogP) is 1.74. The van der Waals surface area contributed by atoms with Gasteiger partial charge in [-0.3, -0.25) is 0 Å². The lowest BCUT2D eigenvalue weighted by Gasteiger charge is -2.26. The van der Waals surface area contributed by atoms with Crippen molar-refractivity contribution in [1.29, 1.82) is 0 Å². The molecule has 104 valence electrons. The van der Waals surface area contributed by atoms with E-state index in [-0.39, 0.29) is 6.10 Å². The molecular weight excluding hydrogens is 258 g/mol. The summed E-state index contributed by atoms with van der Waals surface area (Å²) in [5, 5.41) is 3.11. The van der Waals surface area contributed by atoms with Gasteiger partial charge in [0.2, 0.25) is 11.8 Å². The van der Waals surface area contributed by atoms with Gasteiger partial charge in [-0.15, -0.1) is 0 Å². The zero-order valence-electron chi connectivity index (χ0n) is 11.1. The molecule has 1 aliphatic rings. The van der Waals surface area contributed by atoms with Gasteiger partial charge in [0.1, 0.15) is 12.7 Å². The Kier molecular flexibility index (Phi) is 3.54. The summed E-state index contributed by atoms with van der Waals surface area (Å²) in [4.78, 5) is 8.30. The number of benzene rings is 1. The Morgan fingerprint density at radius 3 is 3.00 bits per heavy atom. The van der Waals surface area contributed by atoms with E-state index in [0.29, 0.717) is 25.0 Å². The quantitative estimate of drug-likeness (QED) is 0.915. The van der Waals surface area contributed by atoms with Crippen LogP contribution in [0.3, 0.4) is 0 Å². The normalized spacial score (nSPS) is 16.6. The Morgan fingerprint density at radius 1 is 1.30 bits per heavy atom. The highest BCUT2D eigenvalue weighted by molar-refractivity contribution is 5.41. The lowest BCUT2D eigenvalue weighted by Crippen LogP contribution is -2.35. The molecule has 1 aromatic carbocycles. The number of nitrogens with one attached hydrogen (secondary N) is 1. The Balaban J connectivity index is 1.60. The number of para-hydroxylation sites is 2. The SMILES string of the molecule is COc1ccnc(NC[C@@H]2COc3ccccc3O2)n1. The molecule has 0 saturated heterocycles. The Bertz CT molecular complexity index is 591. The average molecular weight is 273 g/mol. The van der Waals surface area contributed by atoms with Gasteiger partial charge in [-0.2, -0.15) is 4.98 Å². The predicted molar refractivity (Wildman–Crippen MR) is 73.4 cm³/mol. The number of hydrogen-bond donors (Lipinski definition) is 1. The van der Waals surface area contributed by atoms with E-state index >= 15 is 0 Å².